The third-order valence-corrected chi connectivity index (χ3v) is 4.31. The Hall–Kier alpha value is -1.11. The van der Waals surface area contributed by atoms with Crippen molar-refractivity contribution in [2.75, 3.05) is 21.2 Å². The zero-order valence-corrected chi connectivity index (χ0v) is 13.8. The van der Waals surface area contributed by atoms with Crippen molar-refractivity contribution in [3.63, 3.8) is 0 Å². The zero-order chi connectivity index (χ0) is 15.5. The van der Waals surface area contributed by atoms with E-state index < -0.39 is 0 Å². The first-order valence-corrected chi connectivity index (χ1v) is 7.08. The number of nitrogens with two attached hydrogens (primary N) is 1. The summed E-state index contributed by atoms with van der Waals surface area (Å²) in [6.45, 7) is 8.55. The highest BCUT2D eigenvalue weighted by molar-refractivity contribution is 5.31. The van der Waals surface area contributed by atoms with E-state index in [1.807, 2.05) is 4.68 Å². The summed E-state index contributed by atoms with van der Waals surface area (Å²) in [5.41, 5.74) is 3.81. The molecule has 116 valence electrons. The standard InChI is InChI=1S/C14H29N5O/c1-8-14(4,18(5)6)13(17-15)12-11(20-7)9-16-19(12)10(2)3/h9-10,13,17H,8,15H2,1-7H3. The third kappa shape index (κ3) is 2.82. The highest BCUT2D eigenvalue weighted by atomic mass is 16.5. The van der Waals surface area contributed by atoms with Gasteiger partial charge in [-0.25, -0.2) is 5.43 Å². The fourth-order valence-electron chi connectivity index (χ4n) is 2.53. The van der Waals surface area contributed by atoms with Crippen molar-refractivity contribution in [3.8, 4) is 5.75 Å². The minimum Gasteiger partial charge on any atom is -0.493 e. The van der Waals surface area contributed by atoms with E-state index in [0.717, 1.165) is 17.9 Å². The number of aromatic nitrogens is 2. The second-order valence-electron chi connectivity index (χ2n) is 5.84. The van der Waals surface area contributed by atoms with Gasteiger partial charge in [0.05, 0.1) is 19.3 Å². The lowest BCUT2D eigenvalue weighted by molar-refractivity contribution is 0.106. The van der Waals surface area contributed by atoms with Crippen molar-refractivity contribution in [3.05, 3.63) is 11.9 Å². The molecule has 0 spiro atoms. The first-order valence-electron chi connectivity index (χ1n) is 7.08. The van der Waals surface area contributed by atoms with Gasteiger partial charge < -0.3 is 9.64 Å². The molecule has 6 heteroatoms. The van der Waals surface area contributed by atoms with Gasteiger partial charge in [0.2, 0.25) is 0 Å². The lowest BCUT2D eigenvalue weighted by Gasteiger charge is -2.42. The van der Waals surface area contributed by atoms with Gasteiger partial charge in [0.15, 0.2) is 5.75 Å². The summed E-state index contributed by atoms with van der Waals surface area (Å²) in [6, 6.07) is 0.162. The summed E-state index contributed by atoms with van der Waals surface area (Å²) >= 11 is 0. The Labute approximate surface area is 122 Å². The molecule has 2 atom stereocenters. The number of hydrazine groups is 1. The Kier molecular flexibility index (Phi) is 5.56. The van der Waals surface area contributed by atoms with Gasteiger partial charge >= 0.3 is 0 Å². The molecule has 0 fully saturated rings. The Morgan fingerprint density at radius 2 is 2.10 bits per heavy atom. The number of rotatable bonds is 7. The molecule has 0 amide bonds. The van der Waals surface area contributed by atoms with Gasteiger partial charge in [-0.05, 0) is 41.3 Å². The van der Waals surface area contributed by atoms with Gasteiger partial charge in [-0.1, -0.05) is 6.92 Å². The third-order valence-electron chi connectivity index (χ3n) is 4.31. The van der Waals surface area contributed by atoms with Crippen molar-refractivity contribution < 1.29 is 4.74 Å². The highest BCUT2D eigenvalue weighted by Gasteiger charge is 2.39. The topological polar surface area (TPSA) is 68.3 Å². The van der Waals surface area contributed by atoms with Crippen molar-refractivity contribution in [2.24, 2.45) is 5.84 Å². The SMILES string of the molecule is CCC(C)(C(NN)c1c(OC)cnn1C(C)C)N(C)C. The normalized spacial score (nSPS) is 16.5. The van der Waals surface area contributed by atoms with Crippen molar-refractivity contribution >= 4 is 0 Å². The van der Waals surface area contributed by atoms with Gasteiger partial charge in [0.1, 0.15) is 5.69 Å². The molecule has 0 saturated heterocycles. The molecule has 0 aliphatic heterocycles. The first kappa shape index (κ1) is 16.9. The highest BCUT2D eigenvalue weighted by Crippen LogP contribution is 2.37. The summed E-state index contributed by atoms with van der Waals surface area (Å²) in [6.07, 6.45) is 2.70. The lowest BCUT2D eigenvalue weighted by Crippen LogP contribution is -2.53. The van der Waals surface area contributed by atoms with E-state index in [4.69, 9.17) is 10.6 Å². The predicted octanol–water partition coefficient (Wildman–Crippen LogP) is 1.71. The molecular weight excluding hydrogens is 254 g/mol. The molecule has 0 radical (unpaired) electrons. The van der Waals surface area contributed by atoms with Crippen molar-refractivity contribution in [1.29, 1.82) is 0 Å². The molecule has 1 rings (SSSR count). The van der Waals surface area contributed by atoms with Crippen LogP contribution in [0.1, 0.15) is 51.9 Å². The second kappa shape index (κ2) is 6.56. The average molecular weight is 283 g/mol. The van der Waals surface area contributed by atoms with Crippen LogP contribution in [-0.2, 0) is 0 Å². The van der Waals surface area contributed by atoms with Crippen LogP contribution >= 0.6 is 0 Å². The van der Waals surface area contributed by atoms with Gasteiger partial charge in [-0.15, -0.1) is 0 Å². The quantitative estimate of drug-likeness (QED) is 0.589. The molecule has 0 aliphatic rings. The van der Waals surface area contributed by atoms with E-state index in [2.05, 4.69) is 57.2 Å². The monoisotopic (exact) mass is 283 g/mol. The molecule has 1 aromatic rings. The Balaban J connectivity index is 3.41. The molecule has 0 aromatic carbocycles. The fourth-order valence-corrected chi connectivity index (χ4v) is 2.53. The van der Waals surface area contributed by atoms with Crippen molar-refractivity contribution in [1.82, 2.24) is 20.1 Å². The lowest BCUT2D eigenvalue weighted by atomic mass is 9.85. The molecule has 0 bridgehead atoms. The molecule has 20 heavy (non-hydrogen) atoms. The number of methoxy groups -OCH3 is 1. The Bertz CT molecular complexity index is 429. The maximum Gasteiger partial charge on any atom is 0.161 e. The molecular formula is C14H29N5O. The molecule has 3 N–H and O–H groups in total. The van der Waals surface area contributed by atoms with Gasteiger partial charge in [-0.3, -0.25) is 10.5 Å². The number of hydrogen-bond acceptors (Lipinski definition) is 5. The minimum absolute atomic E-state index is 0.0812. The molecule has 0 aliphatic carbocycles. The average Bonchev–Trinajstić information content (AvgIpc) is 2.82. The summed E-state index contributed by atoms with van der Waals surface area (Å²) in [7, 11) is 5.80. The summed E-state index contributed by atoms with van der Waals surface area (Å²) in [5, 5.41) is 4.44. The number of hydrogen-bond donors (Lipinski definition) is 2. The maximum atomic E-state index is 5.88. The smallest absolute Gasteiger partial charge is 0.161 e. The van der Waals surface area contributed by atoms with Crippen LogP contribution in [0.15, 0.2) is 6.20 Å². The maximum absolute atomic E-state index is 5.88. The van der Waals surface area contributed by atoms with E-state index in [9.17, 15) is 0 Å². The Morgan fingerprint density at radius 1 is 1.50 bits per heavy atom. The van der Waals surface area contributed by atoms with Crippen molar-refractivity contribution in [2.45, 2.75) is 51.7 Å². The number of nitrogens with zero attached hydrogens (tertiary/aromatic N) is 3. The van der Waals surface area contributed by atoms with E-state index in [-0.39, 0.29) is 17.6 Å². The predicted molar refractivity (Wildman–Crippen MR) is 81.6 cm³/mol. The van der Waals surface area contributed by atoms with Crippen LogP contribution in [0.5, 0.6) is 5.75 Å². The molecule has 2 unspecified atom stereocenters. The van der Waals surface area contributed by atoms with Crippen LogP contribution in [0, 0.1) is 0 Å². The first-order chi connectivity index (χ1) is 9.33. The molecule has 0 saturated carbocycles. The zero-order valence-electron chi connectivity index (χ0n) is 13.8. The molecule has 6 nitrogen and oxygen atoms in total. The van der Waals surface area contributed by atoms with Crippen LogP contribution in [0.2, 0.25) is 0 Å². The van der Waals surface area contributed by atoms with Gasteiger partial charge in [0.25, 0.3) is 0 Å². The van der Waals surface area contributed by atoms with Crippen LogP contribution in [-0.4, -0.2) is 41.4 Å². The molecule has 1 heterocycles. The number of nitrogens with one attached hydrogen (secondary N) is 1. The summed E-state index contributed by atoms with van der Waals surface area (Å²) in [4.78, 5) is 2.19. The summed E-state index contributed by atoms with van der Waals surface area (Å²) < 4.78 is 7.45. The van der Waals surface area contributed by atoms with Crippen LogP contribution in [0.4, 0.5) is 0 Å². The van der Waals surface area contributed by atoms with E-state index in [0.29, 0.717) is 0 Å². The van der Waals surface area contributed by atoms with E-state index in [1.54, 1.807) is 13.3 Å². The second-order valence-corrected chi connectivity index (χ2v) is 5.84. The van der Waals surface area contributed by atoms with Crippen LogP contribution in [0.3, 0.4) is 0 Å². The van der Waals surface area contributed by atoms with Gasteiger partial charge in [0, 0.05) is 11.6 Å². The van der Waals surface area contributed by atoms with Gasteiger partial charge in [-0.2, -0.15) is 5.10 Å². The minimum atomic E-state index is -0.144. The largest absolute Gasteiger partial charge is 0.493 e. The van der Waals surface area contributed by atoms with Crippen LogP contribution in [0.25, 0.3) is 0 Å². The number of likely N-dealkylation sites (N-methyl/N-ethyl adjacent to an activating group) is 1. The summed E-state index contributed by atoms with van der Waals surface area (Å²) in [5.74, 6) is 6.65. The molecule has 1 aromatic heterocycles. The Morgan fingerprint density at radius 3 is 2.45 bits per heavy atom. The fraction of sp³-hybridized carbons (Fsp3) is 0.786. The van der Waals surface area contributed by atoms with E-state index in [1.165, 1.54) is 0 Å². The van der Waals surface area contributed by atoms with E-state index >= 15 is 0 Å². The number of ether oxygens (including phenoxy) is 1. The van der Waals surface area contributed by atoms with Crippen LogP contribution < -0.4 is 16.0 Å².